The number of carbonyl (C=O) groups excluding carboxylic acids is 1. The Morgan fingerprint density at radius 3 is 2.89 bits per heavy atom. The highest BCUT2D eigenvalue weighted by atomic mass is 19.1. The minimum Gasteiger partial charge on any atom is -0.411 e. The van der Waals surface area contributed by atoms with Crippen LogP contribution in [0.3, 0.4) is 0 Å². The van der Waals surface area contributed by atoms with E-state index in [1.54, 1.807) is 17.0 Å². The highest BCUT2D eigenvalue weighted by Gasteiger charge is 2.27. The summed E-state index contributed by atoms with van der Waals surface area (Å²) in [6, 6.07) is 4.52. The molecule has 19 heavy (non-hydrogen) atoms. The maximum atomic E-state index is 13.7. The lowest BCUT2D eigenvalue weighted by molar-refractivity contribution is 0.0729. The molecule has 102 valence electrons. The maximum Gasteiger partial charge on any atom is 0.256 e. The number of aryl methyl sites for hydroxylation is 1. The molecule has 1 aromatic rings. The van der Waals surface area contributed by atoms with E-state index in [-0.39, 0.29) is 17.4 Å². The van der Waals surface area contributed by atoms with Crippen LogP contribution in [-0.2, 0) is 0 Å². The van der Waals surface area contributed by atoms with Gasteiger partial charge in [-0.05, 0) is 19.1 Å². The highest BCUT2D eigenvalue weighted by Crippen LogP contribution is 2.18. The molecule has 0 aromatic heterocycles. The van der Waals surface area contributed by atoms with E-state index in [1.165, 1.54) is 6.07 Å². The van der Waals surface area contributed by atoms with E-state index in [1.807, 2.05) is 13.8 Å². The molecule has 1 heterocycles. The Kier molecular flexibility index (Phi) is 3.83. The molecule has 1 aliphatic heterocycles. The standard InChI is InChI=1S/C14H17FN2O2/c1-9-3-4-12(15)11(7-9)14(18)17-6-5-13(16-19)10(2)8-17/h3-4,7,10,19H,5-6,8H2,1-2H3/b16-13+. The van der Waals surface area contributed by atoms with Crippen LogP contribution in [0.4, 0.5) is 4.39 Å². The number of likely N-dealkylation sites (tertiary alicyclic amines) is 1. The Hall–Kier alpha value is -1.91. The third-order valence-corrected chi connectivity index (χ3v) is 3.47. The molecular formula is C14H17FN2O2. The van der Waals surface area contributed by atoms with Crippen LogP contribution in [0, 0.1) is 18.7 Å². The third kappa shape index (κ3) is 2.75. The number of piperidine rings is 1. The van der Waals surface area contributed by atoms with Crippen molar-refractivity contribution in [2.75, 3.05) is 13.1 Å². The molecule has 1 atom stereocenters. The molecule has 0 aliphatic carbocycles. The van der Waals surface area contributed by atoms with Crippen LogP contribution < -0.4 is 0 Å². The topological polar surface area (TPSA) is 52.9 Å². The van der Waals surface area contributed by atoms with Crippen molar-refractivity contribution in [3.63, 3.8) is 0 Å². The normalized spacial score (nSPS) is 21.7. The van der Waals surface area contributed by atoms with Gasteiger partial charge in [-0.2, -0.15) is 0 Å². The predicted molar refractivity (Wildman–Crippen MR) is 70.0 cm³/mol. The maximum absolute atomic E-state index is 13.7. The second-order valence-electron chi connectivity index (χ2n) is 4.98. The highest BCUT2D eigenvalue weighted by molar-refractivity contribution is 5.96. The number of amides is 1. The van der Waals surface area contributed by atoms with E-state index < -0.39 is 5.82 Å². The summed E-state index contributed by atoms with van der Waals surface area (Å²) in [4.78, 5) is 13.9. The smallest absolute Gasteiger partial charge is 0.256 e. The predicted octanol–water partition coefficient (Wildman–Crippen LogP) is 2.45. The van der Waals surface area contributed by atoms with Crippen LogP contribution in [0.25, 0.3) is 0 Å². The summed E-state index contributed by atoms with van der Waals surface area (Å²) in [5.74, 6) is -0.800. The average Bonchev–Trinajstić information content (AvgIpc) is 2.40. The number of rotatable bonds is 1. The molecule has 1 fully saturated rings. The van der Waals surface area contributed by atoms with Gasteiger partial charge in [0.25, 0.3) is 5.91 Å². The van der Waals surface area contributed by atoms with Gasteiger partial charge >= 0.3 is 0 Å². The first-order chi connectivity index (χ1) is 9.02. The lowest BCUT2D eigenvalue weighted by Gasteiger charge is -2.31. The summed E-state index contributed by atoms with van der Waals surface area (Å²) < 4.78 is 13.7. The molecule has 0 bridgehead atoms. The van der Waals surface area contributed by atoms with Crippen LogP contribution in [0.1, 0.15) is 29.3 Å². The molecule has 1 N–H and O–H groups in total. The summed E-state index contributed by atoms with van der Waals surface area (Å²) >= 11 is 0. The lowest BCUT2D eigenvalue weighted by atomic mass is 9.97. The zero-order valence-electron chi connectivity index (χ0n) is 11.1. The minimum absolute atomic E-state index is 0.00410. The zero-order chi connectivity index (χ0) is 14.0. The Labute approximate surface area is 111 Å². The van der Waals surface area contributed by atoms with Gasteiger partial charge in [0, 0.05) is 25.4 Å². The summed E-state index contributed by atoms with van der Waals surface area (Å²) in [7, 11) is 0. The second kappa shape index (κ2) is 5.38. The Morgan fingerprint density at radius 2 is 2.26 bits per heavy atom. The Balaban J connectivity index is 2.19. The van der Waals surface area contributed by atoms with Crippen molar-refractivity contribution in [2.45, 2.75) is 20.3 Å². The molecule has 0 saturated carbocycles. The van der Waals surface area contributed by atoms with Gasteiger partial charge in [-0.25, -0.2) is 4.39 Å². The van der Waals surface area contributed by atoms with Gasteiger partial charge in [0.1, 0.15) is 5.82 Å². The fourth-order valence-corrected chi connectivity index (χ4v) is 2.33. The van der Waals surface area contributed by atoms with Crippen LogP contribution >= 0.6 is 0 Å². The molecule has 1 amide bonds. The average molecular weight is 264 g/mol. The van der Waals surface area contributed by atoms with Gasteiger partial charge in [-0.1, -0.05) is 23.7 Å². The van der Waals surface area contributed by atoms with E-state index in [4.69, 9.17) is 5.21 Å². The van der Waals surface area contributed by atoms with E-state index in [0.717, 1.165) is 5.56 Å². The number of benzene rings is 1. The lowest BCUT2D eigenvalue weighted by Crippen LogP contribution is -2.43. The largest absolute Gasteiger partial charge is 0.411 e. The summed E-state index contributed by atoms with van der Waals surface area (Å²) in [6.45, 7) is 4.62. The third-order valence-electron chi connectivity index (χ3n) is 3.47. The van der Waals surface area contributed by atoms with Crippen molar-refractivity contribution in [3.05, 3.63) is 35.1 Å². The first-order valence-electron chi connectivity index (χ1n) is 6.29. The summed E-state index contributed by atoms with van der Waals surface area (Å²) in [5, 5.41) is 12.0. The second-order valence-corrected chi connectivity index (χ2v) is 4.98. The molecule has 1 saturated heterocycles. The van der Waals surface area contributed by atoms with Gasteiger partial charge in [-0.3, -0.25) is 4.79 Å². The SMILES string of the molecule is Cc1ccc(F)c(C(=O)N2CC/C(=N\O)C(C)C2)c1. The molecule has 1 aliphatic rings. The quantitative estimate of drug-likeness (QED) is 0.625. The van der Waals surface area contributed by atoms with Crippen molar-refractivity contribution in [2.24, 2.45) is 11.1 Å². The molecule has 4 nitrogen and oxygen atoms in total. The number of hydrogen-bond acceptors (Lipinski definition) is 3. The van der Waals surface area contributed by atoms with Gasteiger partial charge in [0.15, 0.2) is 0 Å². The Bertz CT molecular complexity index is 528. The van der Waals surface area contributed by atoms with E-state index >= 15 is 0 Å². The monoisotopic (exact) mass is 264 g/mol. The molecular weight excluding hydrogens is 247 g/mol. The minimum atomic E-state index is -0.495. The molecule has 0 spiro atoms. The van der Waals surface area contributed by atoms with Crippen molar-refractivity contribution in [1.29, 1.82) is 0 Å². The first kappa shape index (κ1) is 13.5. The van der Waals surface area contributed by atoms with Gasteiger partial charge in [0.2, 0.25) is 0 Å². The molecule has 2 rings (SSSR count). The number of halogens is 1. The molecule has 1 unspecified atom stereocenters. The van der Waals surface area contributed by atoms with Crippen molar-refractivity contribution < 1.29 is 14.4 Å². The first-order valence-corrected chi connectivity index (χ1v) is 6.29. The molecule has 0 radical (unpaired) electrons. The van der Waals surface area contributed by atoms with Gasteiger partial charge in [0.05, 0.1) is 11.3 Å². The number of oxime groups is 1. The Morgan fingerprint density at radius 1 is 1.53 bits per heavy atom. The van der Waals surface area contributed by atoms with E-state index in [2.05, 4.69) is 5.16 Å². The number of carbonyl (C=O) groups is 1. The van der Waals surface area contributed by atoms with Crippen molar-refractivity contribution in [1.82, 2.24) is 4.90 Å². The van der Waals surface area contributed by atoms with Gasteiger partial charge in [-0.15, -0.1) is 0 Å². The summed E-state index contributed by atoms with van der Waals surface area (Å²) in [5.41, 5.74) is 1.65. The van der Waals surface area contributed by atoms with Gasteiger partial charge < -0.3 is 10.1 Å². The molecule has 1 aromatic carbocycles. The van der Waals surface area contributed by atoms with E-state index in [9.17, 15) is 9.18 Å². The van der Waals surface area contributed by atoms with Crippen molar-refractivity contribution in [3.8, 4) is 0 Å². The fourth-order valence-electron chi connectivity index (χ4n) is 2.33. The zero-order valence-corrected chi connectivity index (χ0v) is 11.1. The number of nitrogens with zero attached hydrogens (tertiary/aromatic N) is 2. The number of hydrogen-bond donors (Lipinski definition) is 1. The summed E-state index contributed by atoms with van der Waals surface area (Å²) in [6.07, 6.45) is 0.525. The van der Waals surface area contributed by atoms with Crippen LogP contribution in [0.2, 0.25) is 0 Å². The van der Waals surface area contributed by atoms with Crippen molar-refractivity contribution >= 4 is 11.6 Å². The molecule has 5 heteroatoms. The fraction of sp³-hybridized carbons (Fsp3) is 0.429. The van der Waals surface area contributed by atoms with E-state index in [0.29, 0.717) is 25.2 Å². The van der Waals surface area contributed by atoms with Crippen LogP contribution in [0.5, 0.6) is 0 Å². The van der Waals surface area contributed by atoms with Crippen LogP contribution in [-0.4, -0.2) is 34.8 Å². The van der Waals surface area contributed by atoms with Crippen LogP contribution in [0.15, 0.2) is 23.4 Å².